The number of nitrogen functional groups attached to an aromatic ring is 1. The van der Waals surface area contributed by atoms with Crippen LogP contribution in [0, 0.1) is 11.3 Å². The average Bonchev–Trinajstić information content (AvgIpc) is 2.64. The molecule has 0 unspecified atom stereocenters. The zero-order valence-corrected chi connectivity index (χ0v) is 8.31. The molecular formula is C9H6ClN5. The van der Waals surface area contributed by atoms with Crippen LogP contribution in [0.15, 0.2) is 24.5 Å². The van der Waals surface area contributed by atoms with Crippen LogP contribution in [0.25, 0.3) is 5.69 Å². The fourth-order valence-corrected chi connectivity index (χ4v) is 1.36. The molecule has 1 aromatic carbocycles. The third kappa shape index (κ3) is 1.75. The van der Waals surface area contributed by atoms with Gasteiger partial charge in [-0.1, -0.05) is 11.6 Å². The van der Waals surface area contributed by atoms with E-state index in [-0.39, 0.29) is 5.95 Å². The molecule has 0 amide bonds. The van der Waals surface area contributed by atoms with Crippen LogP contribution < -0.4 is 5.73 Å². The SMILES string of the molecule is N#Cc1cc(Cl)ccc1-n1cnc(N)n1. The Morgan fingerprint density at radius 3 is 2.87 bits per heavy atom. The van der Waals surface area contributed by atoms with Crippen molar-refractivity contribution in [2.45, 2.75) is 0 Å². The molecule has 0 atom stereocenters. The second-order valence-electron chi connectivity index (χ2n) is 2.82. The standard InChI is InChI=1S/C9H6ClN5/c10-7-1-2-8(6(3-7)4-11)15-5-13-9(12)14-15/h1-3,5H,(H2,12,14). The van der Waals surface area contributed by atoms with Gasteiger partial charge in [-0.2, -0.15) is 5.26 Å². The van der Waals surface area contributed by atoms with Crippen molar-refractivity contribution in [3.8, 4) is 11.8 Å². The van der Waals surface area contributed by atoms with Gasteiger partial charge in [0.25, 0.3) is 0 Å². The molecule has 0 aliphatic rings. The Morgan fingerprint density at radius 2 is 2.27 bits per heavy atom. The molecule has 2 rings (SSSR count). The third-order valence-electron chi connectivity index (χ3n) is 1.84. The van der Waals surface area contributed by atoms with Crippen LogP contribution in [0.5, 0.6) is 0 Å². The van der Waals surface area contributed by atoms with Crippen LogP contribution in [-0.2, 0) is 0 Å². The summed E-state index contributed by atoms with van der Waals surface area (Å²) in [5.74, 6) is 0.161. The van der Waals surface area contributed by atoms with Gasteiger partial charge in [0.15, 0.2) is 0 Å². The van der Waals surface area contributed by atoms with Crippen LogP contribution in [0.2, 0.25) is 5.02 Å². The van der Waals surface area contributed by atoms with E-state index in [9.17, 15) is 0 Å². The lowest BCUT2D eigenvalue weighted by molar-refractivity contribution is 0.880. The number of nitrogens with zero attached hydrogens (tertiary/aromatic N) is 4. The number of nitrogens with two attached hydrogens (primary N) is 1. The molecule has 0 aliphatic carbocycles. The minimum atomic E-state index is 0.161. The summed E-state index contributed by atoms with van der Waals surface area (Å²) >= 11 is 5.77. The molecule has 0 aliphatic heterocycles. The number of anilines is 1. The lowest BCUT2D eigenvalue weighted by Gasteiger charge is -2.02. The molecule has 1 heterocycles. The maximum absolute atomic E-state index is 8.91. The highest BCUT2D eigenvalue weighted by atomic mass is 35.5. The van der Waals surface area contributed by atoms with Gasteiger partial charge in [-0.25, -0.2) is 9.67 Å². The highest BCUT2D eigenvalue weighted by Crippen LogP contribution is 2.18. The largest absolute Gasteiger partial charge is 0.366 e. The Labute approximate surface area is 90.7 Å². The molecule has 2 aromatic rings. The van der Waals surface area contributed by atoms with Gasteiger partial charge in [0, 0.05) is 5.02 Å². The Morgan fingerprint density at radius 1 is 1.47 bits per heavy atom. The first kappa shape index (κ1) is 9.49. The zero-order chi connectivity index (χ0) is 10.8. The van der Waals surface area contributed by atoms with Crippen molar-refractivity contribution in [3.63, 3.8) is 0 Å². The molecule has 15 heavy (non-hydrogen) atoms. The van der Waals surface area contributed by atoms with Gasteiger partial charge in [0.2, 0.25) is 5.95 Å². The van der Waals surface area contributed by atoms with Crippen molar-refractivity contribution in [1.29, 1.82) is 5.26 Å². The number of halogens is 1. The predicted octanol–water partition coefficient (Wildman–Crippen LogP) is 1.37. The lowest BCUT2D eigenvalue weighted by atomic mass is 10.2. The Hall–Kier alpha value is -2.06. The molecule has 2 N–H and O–H groups in total. The predicted molar refractivity (Wildman–Crippen MR) is 55.5 cm³/mol. The van der Waals surface area contributed by atoms with Crippen molar-refractivity contribution in [2.24, 2.45) is 0 Å². The van der Waals surface area contributed by atoms with E-state index in [4.69, 9.17) is 22.6 Å². The first-order valence-corrected chi connectivity index (χ1v) is 4.45. The number of rotatable bonds is 1. The van der Waals surface area contributed by atoms with Gasteiger partial charge in [-0.3, -0.25) is 0 Å². The summed E-state index contributed by atoms with van der Waals surface area (Å²) < 4.78 is 1.43. The summed E-state index contributed by atoms with van der Waals surface area (Å²) in [6.45, 7) is 0. The van der Waals surface area contributed by atoms with Crippen LogP contribution >= 0.6 is 11.6 Å². The molecule has 5 nitrogen and oxygen atoms in total. The molecule has 0 radical (unpaired) electrons. The first-order valence-electron chi connectivity index (χ1n) is 4.08. The number of hydrogen-bond acceptors (Lipinski definition) is 4. The van der Waals surface area contributed by atoms with E-state index in [2.05, 4.69) is 10.1 Å². The van der Waals surface area contributed by atoms with Crippen LogP contribution in [0.4, 0.5) is 5.95 Å². The van der Waals surface area contributed by atoms with Crippen LogP contribution in [0.1, 0.15) is 5.56 Å². The van der Waals surface area contributed by atoms with Crippen molar-refractivity contribution in [2.75, 3.05) is 5.73 Å². The second-order valence-corrected chi connectivity index (χ2v) is 3.26. The Bertz CT molecular complexity index is 540. The summed E-state index contributed by atoms with van der Waals surface area (Å²) in [6, 6.07) is 6.96. The summed E-state index contributed by atoms with van der Waals surface area (Å²) in [4.78, 5) is 3.78. The van der Waals surface area contributed by atoms with Crippen LogP contribution in [-0.4, -0.2) is 14.8 Å². The summed E-state index contributed by atoms with van der Waals surface area (Å²) in [6.07, 6.45) is 1.44. The molecule has 0 spiro atoms. The maximum Gasteiger partial charge on any atom is 0.239 e. The van der Waals surface area contributed by atoms with Crippen molar-refractivity contribution in [1.82, 2.24) is 14.8 Å². The minimum absolute atomic E-state index is 0.161. The molecule has 0 saturated heterocycles. The zero-order valence-electron chi connectivity index (χ0n) is 7.55. The minimum Gasteiger partial charge on any atom is -0.366 e. The number of nitriles is 1. The molecular weight excluding hydrogens is 214 g/mol. The topological polar surface area (TPSA) is 80.5 Å². The van der Waals surface area contributed by atoms with E-state index in [1.54, 1.807) is 18.2 Å². The molecule has 0 bridgehead atoms. The van der Waals surface area contributed by atoms with Gasteiger partial charge in [0.1, 0.15) is 12.4 Å². The van der Waals surface area contributed by atoms with Crippen molar-refractivity contribution in [3.05, 3.63) is 35.1 Å². The van der Waals surface area contributed by atoms with Crippen LogP contribution in [0.3, 0.4) is 0 Å². The Kier molecular flexibility index (Phi) is 2.27. The van der Waals surface area contributed by atoms with Gasteiger partial charge < -0.3 is 5.73 Å². The quantitative estimate of drug-likeness (QED) is 0.786. The highest BCUT2D eigenvalue weighted by Gasteiger charge is 2.06. The number of hydrogen-bond donors (Lipinski definition) is 1. The van der Waals surface area contributed by atoms with E-state index in [0.29, 0.717) is 16.3 Å². The van der Waals surface area contributed by atoms with Gasteiger partial charge in [0.05, 0.1) is 11.3 Å². The molecule has 1 aromatic heterocycles. The number of aromatic nitrogens is 3. The molecule has 6 heteroatoms. The van der Waals surface area contributed by atoms with Gasteiger partial charge >= 0.3 is 0 Å². The van der Waals surface area contributed by atoms with E-state index in [0.717, 1.165) is 0 Å². The molecule has 74 valence electrons. The average molecular weight is 220 g/mol. The fraction of sp³-hybridized carbons (Fsp3) is 0. The first-order chi connectivity index (χ1) is 7.20. The summed E-state index contributed by atoms with van der Waals surface area (Å²) in [5, 5.41) is 13.3. The third-order valence-corrected chi connectivity index (χ3v) is 2.07. The summed E-state index contributed by atoms with van der Waals surface area (Å²) in [5.41, 5.74) is 6.41. The highest BCUT2D eigenvalue weighted by molar-refractivity contribution is 6.30. The van der Waals surface area contributed by atoms with Gasteiger partial charge in [-0.05, 0) is 18.2 Å². The summed E-state index contributed by atoms with van der Waals surface area (Å²) in [7, 11) is 0. The lowest BCUT2D eigenvalue weighted by Crippen LogP contribution is -1.99. The maximum atomic E-state index is 8.91. The number of benzene rings is 1. The smallest absolute Gasteiger partial charge is 0.239 e. The monoisotopic (exact) mass is 219 g/mol. The van der Waals surface area contributed by atoms with E-state index < -0.39 is 0 Å². The normalized spacial score (nSPS) is 9.87. The fourth-order valence-electron chi connectivity index (χ4n) is 1.19. The van der Waals surface area contributed by atoms with E-state index in [1.165, 1.54) is 11.0 Å². The van der Waals surface area contributed by atoms with E-state index >= 15 is 0 Å². The van der Waals surface area contributed by atoms with E-state index in [1.807, 2.05) is 6.07 Å². The van der Waals surface area contributed by atoms with Crippen molar-refractivity contribution < 1.29 is 0 Å². The second kappa shape index (κ2) is 3.59. The Balaban J connectivity index is 2.58. The van der Waals surface area contributed by atoms with Gasteiger partial charge in [-0.15, -0.1) is 5.10 Å². The molecule has 0 fully saturated rings. The molecule has 0 saturated carbocycles. The van der Waals surface area contributed by atoms with Crippen molar-refractivity contribution >= 4 is 17.5 Å².